The molecular weight excluding hydrogens is 338 g/mol. The van der Waals surface area contributed by atoms with Crippen LogP contribution in [0.2, 0.25) is 5.02 Å². The summed E-state index contributed by atoms with van der Waals surface area (Å²) in [6.07, 6.45) is 0. The van der Waals surface area contributed by atoms with Gasteiger partial charge < -0.3 is 4.74 Å². The number of carbonyl (C=O) groups excluding carboxylic acids is 1. The molecule has 0 saturated carbocycles. The number of nitrogens with zero attached hydrogens (tertiary/aromatic N) is 1. The molecule has 120 valence electrons. The van der Waals surface area contributed by atoms with Crippen LogP contribution in [0.4, 0.5) is 5.69 Å². The van der Waals surface area contributed by atoms with Crippen molar-refractivity contribution < 1.29 is 17.9 Å². The lowest BCUT2D eigenvalue weighted by Gasteiger charge is -2.24. The van der Waals surface area contributed by atoms with Gasteiger partial charge in [-0.1, -0.05) is 23.7 Å². The van der Waals surface area contributed by atoms with Crippen LogP contribution in [0.1, 0.15) is 10.9 Å². The van der Waals surface area contributed by atoms with E-state index in [-0.39, 0.29) is 0 Å². The van der Waals surface area contributed by atoms with Gasteiger partial charge in [-0.3, -0.25) is 9.69 Å². The van der Waals surface area contributed by atoms with Gasteiger partial charge in [0.05, 0.1) is 7.11 Å². The molecule has 0 spiro atoms. The Bertz CT molecular complexity index is 831. The molecule has 0 N–H and O–H groups in total. The third-order valence-corrected chi connectivity index (χ3v) is 5.74. The molecule has 5 nitrogen and oxygen atoms in total. The molecule has 23 heavy (non-hydrogen) atoms. The molecule has 3 rings (SSSR count). The highest BCUT2D eigenvalue weighted by atomic mass is 35.5. The standard InChI is InChI=1S/C16H14ClNO4S/c1-22-14-8-6-13(7-9-14)18-15(19)10-23(20,21)16(18)11-2-4-12(17)5-3-11/h2-9,16H,10H2,1H3/t16-/m1/s1. The van der Waals surface area contributed by atoms with Crippen molar-refractivity contribution in [3.05, 3.63) is 59.1 Å². The average molecular weight is 352 g/mol. The zero-order valence-electron chi connectivity index (χ0n) is 12.3. The molecule has 2 aromatic carbocycles. The summed E-state index contributed by atoms with van der Waals surface area (Å²) in [5.74, 6) is -0.326. The van der Waals surface area contributed by atoms with Crippen molar-refractivity contribution in [2.45, 2.75) is 5.37 Å². The highest BCUT2D eigenvalue weighted by Gasteiger charge is 2.45. The molecule has 1 fully saturated rings. The van der Waals surface area contributed by atoms with Crippen LogP contribution in [0.15, 0.2) is 48.5 Å². The van der Waals surface area contributed by atoms with Gasteiger partial charge in [0.25, 0.3) is 0 Å². The number of hydrogen-bond acceptors (Lipinski definition) is 4. The number of methoxy groups -OCH3 is 1. The van der Waals surface area contributed by atoms with E-state index in [9.17, 15) is 13.2 Å². The molecule has 1 heterocycles. The van der Waals surface area contributed by atoms with Gasteiger partial charge in [-0.2, -0.15) is 0 Å². The van der Waals surface area contributed by atoms with Gasteiger partial charge in [0.1, 0.15) is 11.5 Å². The van der Waals surface area contributed by atoms with Crippen molar-refractivity contribution in [3.63, 3.8) is 0 Å². The van der Waals surface area contributed by atoms with E-state index >= 15 is 0 Å². The number of halogens is 1. The third-order valence-electron chi connectivity index (χ3n) is 3.67. The summed E-state index contributed by atoms with van der Waals surface area (Å²) in [7, 11) is -2.07. The number of sulfone groups is 1. The van der Waals surface area contributed by atoms with E-state index in [1.807, 2.05) is 0 Å². The van der Waals surface area contributed by atoms with Crippen molar-refractivity contribution in [2.75, 3.05) is 17.8 Å². The van der Waals surface area contributed by atoms with E-state index in [0.29, 0.717) is 22.0 Å². The first-order chi connectivity index (χ1) is 10.9. The minimum absolute atomic E-state index is 0.449. The lowest BCUT2D eigenvalue weighted by atomic mass is 10.2. The van der Waals surface area contributed by atoms with Gasteiger partial charge in [0.2, 0.25) is 5.91 Å². The van der Waals surface area contributed by atoms with Crippen LogP contribution in [0, 0.1) is 0 Å². The van der Waals surface area contributed by atoms with Crippen molar-refractivity contribution in [1.82, 2.24) is 0 Å². The molecule has 1 atom stereocenters. The first-order valence-electron chi connectivity index (χ1n) is 6.85. The van der Waals surface area contributed by atoms with E-state index in [4.69, 9.17) is 16.3 Å². The van der Waals surface area contributed by atoms with Crippen LogP contribution in [-0.4, -0.2) is 27.2 Å². The van der Waals surface area contributed by atoms with Crippen LogP contribution < -0.4 is 9.64 Å². The zero-order chi connectivity index (χ0) is 16.6. The second kappa shape index (κ2) is 5.86. The van der Waals surface area contributed by atoms with E-state index in [1.165, 1.54) is 12.0 Å². The number of anilines is 1. The van der Waals surface area contributed by atoms with E-state index in [1.54, 1.807) is 48.5 Å². The fraction of sp³-hybridized carbons (Fsp3) is 0.188. The van der Waals surface area contributed by atoms with E-state index < -0.39 is 26.9 Å². The summed E-state index contributed by atoms with van der Waals surface area (Å²) < 4.78 is 30.0. The lowest BCUT2D eigenvalue weighted by Crippen LogP contribution is -2.29. The van der Waals surface area contributed by atoms with Crippen LogP contribution in [0.5, 0.6) is 5.75 Å². The SMILES string of the molecule is COc1ccc(N2C(=O)CS(=O)(=O)[C@@H]2c2ccc(Cl)cc2)cc1. The number of ether oxygens (including phenoxy) is 1. The number of carbonyl (C=O) groups is 1. The normalized spacial score (nSPS) is 19.8. The Kier molecular flexibility index (Phi) is 4.04. The van der Waals surface area contributed by atoms with Crippen molar-refractivity contribution in [1.29, 1.82) is 0 Å². The van der Waals surface area contributed by atoms with Gasteiger partial charge >= 0.3 is 0 Å². The summed E-state index contributed by atoms with van der Waals surface area (Å²) in [5, 5.41) is -0.535. The minimum Gasteiger partial charge on any atom is -0.497 e. The fourth-order valence-electron chi connectivity index (χ4n) is 2.62. The zero-order valence-corrected chi connectivity index (χ0v) is 13.8. The highest BCUT2D eigenvalue weighted by molar-refractivity contribution is 7.93. The molecule has 0 unspecified atom stereocenters. The predicted octanol–water partition coefficient (Wildman–Crippen LogP) is 2.81. The average Bonchev–Trinajstić information content (AvgIpc) is 2.77. The molecule has 0 radical (unpaired) electrons. The summed E-state index contributed by atoms with van der Waals surface area (Å²) in [4.78, 5) is 13.6. The molecule has 1 amide bonds. The number of rotatable bonds is 3. The first-order valence-corrected chi connectivity index (χ1v) is 8.95. The quantitative estimate of drug-likeness (QED) is 0.853. The van der Waals surface area contributed by atoms with Gasteiger partial charge in [-0.05, 0) is 42.0 Å². The van der Waals surface area contributed by atoms with Gasteiger partial charge in [0, 0.05) is 10.7 Å². The van der Waals surface area contributed by atoms with Gasteiger partial charge in [-0.25, -0.2) is 8.42 Å². The Hall–Kier alpha value is -2.05. The third kappa shape index (κ3) is 2.92. The summed E-state index contributed by atoms with van der Waals surface area (Å²) >= 11 is 5.86. The van der Waals surface area contributed by atoms with Crippen LogP contribution in [0.3, 0.4) is 0 Å². The Labute approximate surface area is 139 Å². The maximum Gasteiger partial charge on any atom is 0.243 e. The fourth-order valence-corrected chi connectivity index (χ4v) is 4.52. The molecule has 2 aromatic rings. The molecular formula is C16H14ClNO4S. The summed E-state index contributed by atoms with van der Waals surface area (Å²) in [6, 6.07) is 13.2. The second-order valence-electron chi connectivity index (χ2n) is 5.17. The Morgan fingerprint density at radius 2 is 1.70 bits per heavy atom. The Morgan fingerprint density at radius 3 is 2.26 bits per heavy atom. The van der Waals surface area contributed by atoms with Crippen molar-refractivity contribution in [3.8, 4) is 5.75 Å². The molecule has 1 aliphatic heterocycles. The second-order valence-corrected chi connectivity index (χ2v) is 7.67. The monoisotopic (exact) mass is 351 g/mol. The van der Waals surface area contributed by atoms with Crippen LogP contribution >= 0.6 is 11.6 Å². The number of amides is 1. The molecule has 0 bridgehead atoms. The first kappa shape index (κ1) is 15.8. The maximum atomic E-state index is 12.4. The summed E-state index contributed by atoms with van der Waals surface area (Å²) in [5.41, 5.74) is 1.02. The lowest BCUT2D eigenvalue weighted by molar-refractivity contribution is -0.115. The Balaban J connectivity index is 2.08. The molecule has 0 aliphatic carbocycles. The molecule has 1 aliphatic rings. The van der Waals surface area contributed by atoms with Crippen LogP contribution in [-0.2, 0) is 14.6 Å². The van der Waals surface area contributed by atoms with E-state index in [0.717, 1.165) is 0 Å². The van der Waals surface area contributed by atoms with Crippen molar-refractivity contribution >= 4 is 33.0 Å². The highest BCUT2D eigenvalue weighted by Crippen LogP contribution is 2.38. The predicted molar refractivity (Wildman–Crippen MR) is 88.5 cm³/mol. The number of benzene rings is 2. The minimum atomic E-state index is -3.61. The van der Waals surface area contributed by atoms with Gasteiger partial charge in [0.15, 0.2) is 15.2 Å². The molecule has 0 aromatic heterocycles. The van der Waals surface area contributed by atoms with Crippen LogP contribution in [0.25, 0.3) is 0 Å². The number of hydrogen-bond donors (Lipinski definition) is 0. The topological polar surface area (TPSA) is 63.7 Å². The maximum absolute atomic E-state index is 12.4. The largest absolute Gasteiger partial charge is 0.497 e. The summed E-state index contributed by atoms with van der Waals surface area (Å²) in [6.45, 7) is 0. The smallest absolute Gasteiger partial charge is 0.243 e. The molecule has 1 saturated heterocycles. The van der Waals surface area contributed by atoms with Gasteiger partial charge in [-0.15, -0.1) is 0 Å². The molecule has 7 heteroatoms. The Morgan fingerprint density at radius 1 is 1.09 bits per heavy atom. The van der Waals surface area contributed by atoms with Crippen molar-refractivity contribution in [2.24, 2.45) is 0 Å². The van der Waals surface area contributed by atoms with E-state index in [2.05, 4.69) is 0 Å².